The fraction of sp³-hybridized carbons (Fsp3) is 0.900. The third-order valence-electron chi connectivity index (χ3n) is 1.88. The van der Waals surface area contributed by atoms with Gasteiger partial charge < -0.3 is 15.4 Å². The lowest BCUT2D eigenvalue weighted by atomic mass is 10.4. The lowest BCUT2D eigenvalue weighted by Crippen LogP contribution is -2.40. The predicted molar refractivity (Wildman–Crippen MR) is 69.8 cm³/mol. The van der Waals surface area contributed by atoms with Crippen molar-refractivity contribution in [2.45, 2.75) is 19.9 Å². The van der Waals surface area contributed by atoms with Crippen LogP contribution in [0.4, 0.5) is 0 Å². The molecule has 0 aromatic heterocycles. The van der Waals surface area contributed by atoms with Crippen LogP contribution < -0.4 is 15.4 Å². The number of amides is 1. The zero-order valence-corrected chi connectivity index (χ0v) is 12.0. The van der Waals surface area contributed by atoms with Gasteiger partial charge in [-0.05, 0) is 13.8 Å². The molecule has 0 unspecified atom stereocenters. The maximum atomic E-state index is 11.4. The highest BCUT2D eigenvalue weighted by Crippen LogP contribution is 1.87. The van der Waals surface area contributed by atoms with Crippen molar-refractivity contribution in [1.29, 1.82) is 0 Å². The lowest BCUT2D eigenvalue weighted by molar-refractivity contribution is -0.120. The lowest BCUT2D eigenvalue weighted by Gasteiger charge is -2.10. The Morgan fingerprint density at radius 2 is 1.94 bits per heavy atom. The van der Waals surface area contributed by atoms with Crippen LogP contribution in [0.5, 0.6) is 0 Å². The third kappa shape index (κ3) is 10.5. The Labute approximate surface area is 109 Å². The fourth-order valence-electron chi connectivity index (χ4n) is 1.18. The number of hydrogen-bond donors (Lipinski definition) is 3. The number of rotatable bonds is 10. The molecule has 0 fully saturated rings. The minimum atomic E-state index is -3.31. The van der Waals surface area contributed by atoms with E-state index in [0.717, 1.165) is 0 Å². The molecule has 1 amide bonds. The Kier molecular flexibility index (Phi) is 8.90. The van der Waals surface area contributed by atoms with E-state index >= 15 is 0 Å². The van der Waals surface area contributed by atoms with E-state index < -0.39 is 10.0 Å². The zero-order chi connectivity index (χ0) is 14.0. The Bertz CT molecular complexity index is 330. The molecule has 0 aliphatic rings. The standard InChI is InChI=1S/C10H23N3O4S/c1-9(2)13-18(15,16)7-5-12-10(14)8-11-4-6-17-3/h9,11,13H,4-8H2,1-3H3,(H,12,14). The highest BCUT2D eigenvalue weighted by molar-refractivity contribution is 7.89. The van der Waals surface area contributed by atoms with Crippen LogP contribution in [0.3, 0.4) is 0 Å². The van der Waals surface area contributed by atoms with E-state index in [1.54, 1.807) is 21.0 Å². The molecule has 0 spiro atoms. The summed E-state index contributed by atoms with van der Waals surface area (Å²) >= 11 is 0. The molecule has 0 rings (SSSR count). The van der Waals surface area contributed by atoms with Gasteiger partial charge in [0.15, 0.2) is 0 Å². The first-order valence-electron chi connectivity index (χ1n) is 5.83. The van der Waals surface area contributed by atoms with Gasteiger partial charge in [-0.25, -0.2) is 13.1 Å². The van der Waals surface area contributed by atoms with Crippen LogP contribution in [-0.2, 0) is 19.6 Å². The number of carbonyl (C=O) groups excluding carboxylic acids is 1. The summed E-state index contributed by atoms with van der Waals surface area (Å²) in [5.41, 5.74) is 0. The molecule has 0 saturated carbocycles. The Balaban J connectivity index is 3.67. The number of methoxy groups -OCH3 is 1. The van der Waals surface area contributed by atoms with Crippen molar-refractivity contribution in [3.63, 3.8) is 0 Å². The molecule has 8 heteroatoms. The predicted octanol–water partition coefficient (Wildman–Crippen LogP) is -1.33. The molecule has 0 saturated heterocycles. The van der Waals surface area contributed by atoms with Gasteiger partial charge in [0.1, 0.15) is 0 Å². The van der Waals surface area contributed by atoms with E-state index in [4.69, 9.17) is 4.74 Å². The molecule has 18 heavy (non-hydrogen) atoms. The summed E-state index contributed by atoms with van der Waals surface area (Å²) < 4.78 is 30.1. The summed E-state index contributed by atoms with van der Waals surface area (Å²) in [6.07, 6.45) is 0. The van der Waals surface area contributed by atoms with E-state index in [1.165, 1.54) is 0 Å². The highest BCUT2D eigenvalue weighted by Gasteiger charge is 2.11. The van der Waals surface area contributed by atoms with Crippen LogP contribution in [0.25, 0.3) is 0 Å². The van der Waals surface area contributed by atoms with Crippen molar-refractivity contribution in [3.05, 3.63) is 0 Å². The van der Waals surface area contributed by atoms with Crippen LogP contribution in [0.1, 0.15) is 13.8 Å². The van der Waals surface area contributed by atoms with Crippen molar-refractivity contribution in [2.75, 3.05) is 39.1 Å². The SMILES string of the molecule is COCCNCC(=O)NCCS(=O)(=O)NC(C)C. The Morgan fingerprint density at radius 3 is 2.50 bits per heavy atom. The third-order valence-corrected chi connectivity index (χ3v) is 3.45. The van der Waals surface area contributed by atoms with Gasteiger partial charge in [0.25, 0.3) is 0 Å². The minimum absolute atomic E-state index is 0.104. The molecule has 0 aliphatic heterocycles. The van der Waals surface area contributed by atoms with Gasteiger partial charge in [-0.15, -0.1) is 0 Å². The van der Waals surface area contributed by atoms with Gasteiger partial charge in [0, 0.05) is 26.2 Å². The first-order valence-corrected chi connectivity index (χ1v) is 7.49. The van der Waals surface area contributed by atoms with Gasteiger partial charge in [0.05, 0.1) is 18.9 Å². The molecule has 3 N–H and O–H groups in total. The maximum Gasteiger partial charge on any atom is 0.233 e. The maximum absolute atomic E-state index is 11.4. The second kappa shape index (κ2) is 9.26. The largest absolute Gasteiger partial charge is 0.383 e. The van der Waals surface area contributed by atoms with Crippen molar-refractivity contribution in [2.24, 2.45) is 0 Å². The topological polar surface area (TPSA) is 96.5 Å². The van der Waals surface area contributed by atoms with Crippen LogP contribution >= 0.6 is 0 Å². The molecule has 7 nitrogen and oxygen atoms in total. The monoisotopic (exact) mass is 281 g/mol. The van der Waals surface area contributed by atoms with E-state index in [1.807, 2.05) is 0 Å². The number of hydrogen-bond acceptors (Lipinski definition) is 5. The molecule has 0 aliphatic carbocycles. The summed E-state index contributed by atoms with van der Waals surface area (Å²) in [5.74, 6) is -0.347. The number of nitrogens with one attached hydrogen (secondary N) is 3. The molecule has 108 valence electrons. The second-order valence-electron chi connectivity index (χ2n) is 4.11. The second-order valence-corrected chi connectivity index (χ2v) is 5.98. The van der Waals surface area contributed by atoms with Crippen LogP contribution in [0.15, 0.2) is 0 Å². The number of ether oxygens (including phenoxy) is 1. The van der Waals surface area contributed by atoms with Crippen molar-refractivity contribution < 1.29 is 17.9 Å². The van der Waals surface area contributed by atoms with Crippen LogP contribution in [0.2, 0.25) is 0 Å². The number of sulfonamides is 1. The van der Waals surface area contributed by atoms with Gasteiger partial charge in [0.2, 0.25) is 15.9 Å². The van der Waals surface area contributed by atoms with E-state index in [-0.39, 0.29) is 30.8 Å². The zero-order valence-electron chi connectivity index (χ0n) is 11.2. The summed E-state index contributed by atoms with van der Waals surface area (Å²) in [4.78, 5) is 11.3. The van der Waals surface area contributed by atoms with Crippen molar-refractivity contribution >= 4 is 15.9 Å². The molecular formula is C10H23N3O4S. The average molecular weight is 281 g/mol. The molecule has 0 aromatic carbocycles. The first kappa shape index (κ1) is 17.3. The summed E-state index contributed by atoms with van der Waals surface area (Å²) in [6, 6.07) is -0.138. The summed E-state index contributed by atoms with van der Waals surface area (Å²) in [6.45, 7) is 4.86. The molecule has 0 bridgehead atoms. The van der Waals surface area contributed by atoms with Crippen LogP contribution in [-0.4, -0.2) is 59.5 Å². The van der Waals surface area contributed by atoms with Gasteiger partial charge in [-0.1, -0.05) is 0 Å². The van der Waals surface area contributed by atoms with E-state index in [0.29, 0.717) is 13.2 Å². The molecule has 0 aromatic rings. The Hall–Kier alpha value is -0.700. The Morgan fingerprint density at radius 1 is 1.28 bits per heavy atom. The smallest absolute Gasteiger partial charge is 0.233 e. The summed E-state index contributed by atoms with van der Waals surface area (Å²) in [7, 11) is -1.73. The van der Waals surface area contributed by atoms with Crippen molar-refractivity contribution in [1.82, 2.24) is 15.4 Å². The van der Waals surface area contributed by atoms with Crippen molar-refractivity contribution in [3.8, 4) is 0 Å². The van der Waals surface area contributed by atoms with E-state index in [2.05, 4.69) is 15.4 Å². The normalized spacial score (nSPS) is 11.8. The molecule has 0 heterocycles. The number of carbonyl (C=O) groups is 1. The van der Waals surface area contributed by atoms with E-state index in [9.17, 15) is 13.2 Å². The van der Waals surface area contributed by atoms with Gasteiger partial charge >= 0.3 is 0 Å². The highest BCUT2D eigenvalue weighted by atomic mass is 32.2. The molecule has 0 atom stereocenters. The molecule has 0 radical (unpaired) electrons. The fourth-order valence-corrected chi connectivity index (χ4v) is 2.39. The van der Waals surface area contributed by atoms with Crippen LogP contribution in [0, 0.1) is 0 Å². The summed E-state index contributed by atoms with van der Waals surface area (Å²) in [5, 5.41) is 5.39. The van der Waals surface area contributed by atoms with Gasteiger partial charge in [-0.3, -0.25) is 4.79 Å². The first-order chi connectivity index (χ1) is 8.37. The quantitative estimate of drug-likeness (QED) is 0.431. The molecular weight excluding hydrogens is 258 g/mol. The van der Waals surface area contributed by atoms with Gasteiger partial charge in [-0.2, -0.15) is 0 Å². The average Bonchev–Trinajstić information content (AvgIpc) is 2.22. The minimum Gasteiger partial charge on any atom is -0.383 e.